The Morgan fingerprint density at radius 2 is 1.44 bits per heavy atom. The Morgan fingerprint density at radius 1 is 0.938 bits per heavy atom. The molecule has 0 unspecified atom stereocenters. The largest absolute Gasteiger partial charge is 0.497 e. The third-order valence-electron chi connectivity index (χ3n) is 2.84. The van der Waals surface area contributed by atoms with E-state index in [1.165, 1.54) is 5.67 Å². The van der Waals surface area contributed by atoms with Crippen LogP contribution in [0.1, 0.15) is 0 Å². The van der Waals surface area contributed by atoms with Crippen LogP contribution in [0.3, 0.4) is 0 Å². The summed E-state index contributed by atoms with van der Waals surface area (Å²) in [5.41, 5.74) is 1.45. The third-order valence-corrected chi connectivity index (χ3v) is 12.5. The Bertz CT molecular complexity index is 336. The minimum atomic E-state index is -1.24. The van der Waals surface area contributed by atoms with Gasteiger partial charge in [-0.05, 0) is 12.1 Å². The third kappa shape index (κ3) is 3.79. The van der Waals surface area contributed by atoms with Crippen LogP contribution < -0.4 is 9.92 Å². The molecule has 3 heteroatoms. The van der Waals surface area contributed by atoms with E-state index in [2.05, 4.69) is 57.0 Å². The Balaban J connectivity index is 2.89. The Hall–Kier alpha value is -0.546. The molecule has 0 aliphatic heterocycles. The summed E-state index contributed by atoms with van der Waals surface area (Å²) in [4.78, 5) is 0. The lowest BCUT2D eigenvalue weighted by molar-refractivity contribution is 0.415. The van der Waals surface area contributed by atoms with Gasteiger partial charge >= 0.3 is 0 Å². The summed E-state index contributed by atoms with van der Waals surface area (Å²) >= 11 is 0. The first-order chi connectivity index (χ1) is 7.24. The maximum Gasteiger partial charge on any atom is 0.118 e. The van der Waals surface area contributed by atoms with Crippen LogP contribution in [0, 0.1) is 0 Å². The monoisotopic (exact) mass is 252 g/mol. The van der Waals surface area contributed by atoms with Crippen molar-refractivity contribution in [2.45, 2.75) is 38.4 Å². The smallest absolute Gasteiger partial charge is 0.118 e. The SMILES string of the molecule is COc1ccc([Si](C)(C)C[Si](C)(C)C)cc1. The van der Waals surface area contributed by atoms with Gasteiger partial charge in [-0.3, -0.25) is 0 Å². The minimum absolute atomic E-state index is 0.960. The standard InChI is InChI=1S/C13H24OSi2/c1-14-12-7-9-13(10-8-12)16(5,6)11-15(2,3)4/h7-10H,11H2,1-6H3. The molecule has 0 aromatic heterocycles. The van der Waals surface area contributed by atoms with E-state index in [1.54, 1.807) is 12.3 Å². The van der Waals surface area contributed by atoms with E-state index in [1.807, 2.05) is 0 Å². The van der Waals surface area contributed by atoms with Gasteiger partial charge in [0, 0.05) is 8.07 Å². The van der Waals surface area contributed by atoms with Gasteiger partial charge in [0.25, 0.3) is 0 Å². The highest BCUT2D eigenvalue weighted by Crippen LogP contribution is 2.20. The van der Waals surface area contributed by atoms with Crippen LogP contribution >= 0.6 is 0 Å². The van der Waals surface area contributed by atoms with Crippen LogP contribution in [0.25, 0.3) is 0 Å². The molecular weight excluding hydrogens is 228 g/mol. The highest BCUT2D eigenvalue weighted by atomic mass is 28.4. The predicted molar refractivity (Wildman–Crippen MR) is 78.3 cm³/mol. The van der Waals surface area contributed by atoms with E-state index >= 15 is 0 Å². The Labute approximate surface area is 102 Å². The normalized spacial score (nSPS) is 12.6. The van der Waals surface area contributed by atoms with Crippen molar-refractivity contribution in [2.75, 3.05) is 7.11 Å². The molecule has 0 radical (unpaired) electrons. The lowest BCUT2D eigenvalue weighted by Crippen LogP contribution is -2.47. The van der Waals surface area contributed by atoms with Crippen molar-refractivity contribution in [2.24, 2.45) is 0 Å². The van der Waals surface area contributed by atoms with E-state index in [9.17, 15) is 0 Å². The van der Waals surface area contributed by atoms with Crippen LogP contribution in [0.5, 0.6) is 5.75 Å². The molecular formula is C13H24OSi2. The number of ether oxygens (including phenoxy) is 1. The van der Waals surface area contributed by atoms with E-state index in [0.717, 1.165) is 5.75 Å². The van der Waals surface area contributed by atoms with Crippen molar-refractivity contribution in [1.82, 2.24) is 0 Å². The second-order valence-corrected chi connectivity index (χ2v) is 17.2. The molecule has 0 amide bonds. The number of hydrogen-bond donors (Lipinski definition) is 0. The minimum Gasteiger partial charge on any atom is -0.497 e. The fourth-order valence-electron chi connectivity index (χ4n) is 2.47. The first kappa shape index (κ1) is 13.5. The van der Waals surface area contributed by atoms with Gasteiger partial charge in [0.2, 0.25) is 0 Å². The van der Waals surface area contributed by atoms with Gasteiger partial charge in [0.05, 0.1) is 15.2 Å². The molecule has 0 aliphatic carbocycles. The van der Waals surface area contributed by atoms with Crippen LogP contribution in [-0.4, -0.2) is 23.3 Å². The van der Waals surface area contributed by atoms with Crippen LogP contribution in [0.15, 0.2) is 24.3 Å². The molecule has 1 rings (SSSR count). The summed E-state index contributed by atoms with van der Waals surface area (Å²) < 4.78 is 5.21. The van der Waals surface area contributed by atoms with E-state index in [4.69, 9.17) is 4.74 Å². The quantitative estimate of drug-likeness (QED) is 0.746. The lowest BCUT2D eigenvalue weighted by atomic mass is 10.3. The molecule has 0 aliphatic rings. The van der Waals surface area contributed by atoms with E-state index in [0.29, 0.717) is 0 Å². The van der Waals surface area contributed by atoms with Crippen molar-refractivity contribution in [3.63, 3.8) is 0 Å². The van der Waals surface area contributed by atoms with Crippen molar-refractivity contribution in [3.05, 3.63) is 24.3 Å². The fourth-order valence-corrected chi connectivity index (χ4v) is 15.0. The van der Waals surface area contributed by atoms with Gasteiger partial charge in [-0.2, -0.15) is 0 Å². The summed E-state index contributed by atoms with van der Waals surface area (Å²) in [5, 5.41) is 1.55. The van der Waals surface area contributed by atoms with Crippen molar-refractivity contribution >= 4 is 21.3 Å². The maximum atomic E-state index is 5.21. The van der Waals surface area contributed by atoms with Crippen molar-refractivity contribution < 1.29 is 4.74 Å². The van der Waals surface area contributed by atoms with Crippen LogP contribution in [0.4, 0.5) is 0 Å². The first-order valence-electron chi connectivity index (χ1n) is 5.89. The molecule has 0 saturated heterocycles. The molecule has 90 valence electrons. The number of methoxy groups -OCH3 is 1. The Morgan fingerprint density at radius 3 is 1.81 bits per heavy atom. The zero-order valence-electron chi connectivity index (χ0n) is 11.4. The summed E-state index contributed by atoms with van der Waals surface area (Å²) in [6, 6.07) is 8.69. The number of hydrogen-bond acceptors (Lipinski definition) is 1. The molecule has 0 N–H and O–H groups in total. The van der Waals surface area contributed by atoms with Crippen molar-refractivity contribution in [3.8, 4) is 5.75 Å². The summed E-state index contributed by atoms with van der Waals surface area (Å²) in [5.74, 6) is 0.960. The van der Waals surface area contributed by atoms with E-state index in [-0.39, 0.29) is 0 Å². The first-order valence-corrected chi connectivity index (χ1v) is 12.8. The number of rotatable bonds is 4. The lowest BCUT2D eigenvalue weighted by Gasteiger charge is -2.30. The van der Waals surface area contributed by atoms with Gasteiger partial charge in [-0.1, -0.05) is 55.7 Å². The molecule has 1 aromatic rings. The van der Waals surface area contributed by atoms with Crippen LogP contribution in [-0.2, 0) is 0 Å². The summed E-state index contributed by atoms with van der Waals surface area (Å²) in [6.07, 6.45) is 0. The van der Waals surface area contributed by atoms with Crippen LogP contribution in [0.2, 0.25) is 38.4 Å². The molecule has 0 saturated carbocycles. The van der Waals surface area contributed by atoms with Gasteiger partial charge in [-0.25, -0.2) is 0 Å². The molecule has 0 spiro atoms. The highest BCUT2D eigenvalue weighted by molar-refractivity contribution is 7.01. The van der Waals surface area contributed by atoms with Gasteiger partial charge in [0.15, 0.2) is 0 Å². The molecule has 0 fully saturated rings. The Kier molecular flexibility index (Phi) is 4.02. The summed E-state index contributed by atoms with van der Waals surface area (Å²) in [7, 11) is -0.489. The van der Waals surface area contributed by atoms with E-state index < -0.39 is 16.1 Å². The molecule has 1 aromatic carbocycles. The highest BCUT2D eigenvalue weighted by Gasteiger charge is 2.30. The van der Waals surface area contributed by atoms with Gasteiger partial charge < -0.3 is 4.74 Å². The second kappa shape index (κ2) is 4.76. The zero-order valence-corrected chi connectivity index (χ0v) is 13.4. The molecule has 0 bridgehead atoms. The van der Waals surface area contributed by atoms with Crippen molar-refractivity contribution in [1.29, 1.82) is 0 Å². The maximum absolute atomic E-state index is 5.21. The molecule has 16 heavy (non-hydrogen) atoms. The van der Waals surface area contributed by atoms with Gasteiger partial charge in [-0.15, -0.1) is 0 Å². The number of benzene rings is 1. The molecule has 0 atom stereocenters. The molecule has 1 nitrogen and oxygen atoms in total. The summed E-state index contributed by atoms with van der Waals surface area (Å²) in [6.45, 7) is 12.3. The molecule has 0 heterocycles. The zero-order chi connectivity index (χ0) is 12.4. The fraction of sp³-hybridized carbons (Fsp3) is 0.538. The second-order valence-electron chi connectivity index (χ2n) is 6.35. The van der Waals surface area contributed by atoms with Gasteiger partial charge in [0.1, 0.15) is 5.75 Å². The average Bonchev–Trinajstić information content (AvgIpc) is 2.14. The predicted octanol–water partition coefficient (Wildman–Crippen LogP) is 3.49. The topological polar surface area (TPSA) is 9.23 Å². The average molecular weight is 253 g/mol.